The highest BCUT2D eigenvalue weighted by Gasteiger charge is 2.42. The van der Waals surface area contributed by atoms with Gasteiger partial charge in [0.15, 0.2) is 5.69 Å². The van der Waals surface area contributed by atoms with Crippen molar-refractivity contribution in [3.63, 3.8) is 0 Å². The van der Waals surface area contributed by atoms with E-state index >= 15 is 0 Å². The summed E-state index contributed by atoms with van der Waals surface area (Å²) >= 11 is 0. The van der Waals surface area contributed by atoms with Crippen molar-refractivity contribution in [1.82, 2.24) is 24.6 Å². The van der Waals surface area contributed by atoms with Crippen LogP contribution in [0.1, 0.15) is 40.7 Å². The fraction of sp³-hybridized carbons (Fsp3) is 0.346. The van der Waals surface area contributed by atoms with Gasteiger partial charge in [-0.15, -0.1) is 0 Å². The standard InChI is InChI=1S/C26H26N6O4/c1-3-36-23(33)22-20-17-31(25-27-12-5-13-28-25)14-9-21(20)32(29-22)19-7-4-6-18(16-19)8-10-26(35)11-15-30(2)24(26)34/h4-7,12-13,16,35H,3,9,11,14-15,17H2,1-2H3/t26-/m0/s1. The number of fused-ring (bicyclic) bond motifs is 1. The number of hydrogen-bond acceptors (Lipinski definition) is 8. The molecule has 2 aromatic heterocycles. The molecule has 4 heterocycles. The molecule has 2 aliphatic heterocycles. The summed E-state index contributed by atoms with van der Waals surface area (Å²) in [6, 6.07) is 9.10. The van der Waals surface area contributed by atoms with E-state index in [9.17, 15) is 14.7 Å². The third-order valence-corrected chi connectivity index (χ3v) is 6.37. The number of aromatic nitrogens is 4. The molecule has 1 N–H and O–H groups in total. The Bertz CT molecular complexity index is 1380. The molecule has 36 heavy (non-hydrogen) atoms. The molecule has 1 aromatic carbocycles. The van der Waals surface area contributed by atoms with Crippen LogP contribution in [0.3, 0.4) is 0 Å². The van der Waals surface area contributed by atoms with Crippen molar-refractivity contribution in [1.29, 1.82) is 0 Å². The number of nitrogens with zero attached hydrogens (tertiary/aromatic N) is 6. The monoisotopic (exact) mass is 486 g/mol. The summed E-state index contributed by atoms with van der Waals surface area (Å²) in [4.78, 5) is 37.2. The SMILES string of the molecule is CCOC(=O)c1nn(-c2cccc(C#C[C@]3(O)CCN(C)C3=O)c2)c2c1CN(c1ncccn1)CC2. The average Bonchev–Trinajstić information content (AvgIpc) is 3.41. The van der Waals surface area contributed by atoms with Gasteiger partial charge in [-0.3, -0.25) is 4.79 Å². The molecule has 10 nitrogen and oxygen atoms in total. The summed E-state index contributed by atoms with van der Waals surface area (Å²) in [5.74, 6) is 5.41. The minimum atomic E-state index is -1.67. The fourth-order valence-electron chi connectivity index (χ4n) is 4.48. The highest BCUT2D eigenvalue weighted by atomic mass is 16.5. The van der Waals surface area contributed by atoms with E-state index in [1.165, 1.54) is 4.90 Å². The van der Waals surface area contributed by atoms with Crippen molar-refractivity contribution in [2.45, 2.75) is 31.9 Å². The predicted molar refractivity (Wildman–Crippen MR) is 130 cm³/mol. The number of carbonyl (C=O) groups is 2. The van der Waals surface area contributed by atoms with Gasteiger partial charge in [0.1, 0.15) is 0 Å². The molecule has 1 amide bonds. The molecule has 0 aliphatic carbocycles. The summed E-state index contributed by atoms with van der Waals surface area (Å²) in [5, 5.41) is 15.3. The van der Waals surface area contributed by atoms with E-state index in [-0.39, 0.29) is 18.7 Å². The number of anilines is 1. The normalized spacial score (nSPS) is 19.0. The highest BCUT2D eigenvalue weighted by molar-refractivity contribution is 5.91. The van der Waals surface area contributed by atoms with Gasteiger partial charge >= 0.3 is 5.97 Å². The van der Waals surface area contributed by atoms with Crippen LogP contribution in [0.25, 0.3) is 5.69 Å². The van der Waals surface area contributed by atoms with Crippen LogP contribution in [0.5, 0.6) is 0 Å². The molecule has 1 atom stereocenters. The van der Waals surface area contributed by atoms with Gasteiger partial charge in [0.2, 0.25) is 11.5 Å². The van der Waals surface area contributed by atoms with Crippen LogP contribution in [0, 0.1) is 11.8 Å². The Balaban J connectivity index is 1.50. The third-order valence-electron chi connectivity index (χ3n) is 6.37. The molecule has 184 valence electrons. The smallest absolute Gasteiger partial charge is 0.359 e. The maximum Gasteiger partial charge on any atom is 0.359 e. The van der Waals surface area contributed by atoms with Crippen molar-refractivity contribution < 1.29 is 19.4 Å². The lowest BCUT2D eigenvalue weighted by atomic mass is 10.0. The van der Waals surface area contributed by atoms with E-state index in [0.717, 1.165) is 16.9 Å². The highest BCUT2D eigenvalue weighted by Crippen LogP contribution is 2.28. The van der Waals surface area contributed by atoms with E-state index in [4.69, 9.17) is 4.74 Å². The Kier molecular flexibility index (Phi) is 6.16. The van der Waals surface area contributed by atoms with Gasteiger partial charge in [0.25, 0.3) is 5.91 Å². The lowest BCUT2D eigenvalue weighted by Gasteiger charge is -2.27. The second-order valence-corrected chi connectivity index (χ2v) is 8.76. The topological polar surface area (TPSA) is 114 Å². The predicted octanol–water partition coefficient (Wildman–Crippen LogP) is 1.35. The zero-order valence-corrected chi connectivity index (χ0v) is 20.1. The molecule has 5 rings (SSSR count). The number of esters is 1. The first-order valence-electron chi connectivity index (χ1n) is 11.8. The van der Waals surface area contributed by atoms with Crippen LogP contribution < -0.4 is 4.90 Å². The number of likely N-dealkylation sites (N-methyl/N-ethyl adjacent to an activating group) is 1. The number of ether oxygens (including phenoxy) is 1. The van der Waals surface area contributed by atoms with Crippen LogP contribution in [-0.2, 0) is 22.5 Å². The first kappa shape index (κ1) is 23.5. The molecule has 0 saturated carbocycles. The minimum Gasteiger partial charge on any atom is -0.461 e. The van der Waals surface area contributed by atoms with Crippen LogP contribution in [0.4, 0.5) is 5.95 Å². The lowest BCUT2D eigenvalue weighted by molar-refractivity contribution is -0.137. The summed E-state index contributed by atoms with van der Waals surface area (Å²) in [6.45, 7) is 3.55. The third kappa shape index (κ3) is 4.29. The van der Waals surface area contributed by atoms with Gasteiger partial charge in [-0.1, -0.05) is 17.9 Å². The van der Waals surface area contributed by atoms with Crippen LogP contribution in [-0.4, -0.2) is 74.0 Å². The Morgan fingerprint density at radius 2 is 2.03 bits per heavy atom. The maximum absolute atomic E-state index is 12.8. The first-order valence-corrected chi connectivity index (χ1v) is 11.8. The van der Waals surface area contributed by atoms with E-state index in [2.05, 4.69) is 26.9 Å². The van der Waals surface area contributed by atoms with Gasteiger partial charge in [-0.25, -0.2) is 19.4 Å². The number of hydrogen-bond donors (Lipinski definition) is 1. The Morgan fingerprint density at radius 1 is 1.22 bits per heavy atom. The minimum absolute atomic E-state index is 0.244. The van der Waals surface area contributed by atoms with Crippen LogP contribution in [0.2, 0.25) is 0 Å². The largest absolute Gasteiger partial charge is 0.461 e. The number of amides is 1. The van der Waals surface area contributed by atoms with E-state index in [0.29, 0.717) is 37.6 Å². The molecule has 0 bridgehead atoms. The van der Waals surface area contributed by atoms with Gasteiger partial charge in [0.05, 0.1) is 24.5 Å². The average molecular weight is 487 g/mol. The number of rotatable bonds is 4. The van der Waals surface area contributed by atoms with E-state index in [1.54, 1.807) is 43.2 Å². The van der Waals surface area contributed by atoms with Crippen LogP contribution >= 0.6 is 0 Å². The molecule has 0 radical (unpaired) electrons. The van der Waals surface area contributed by atoms with Crippen molar-refractivity contribution in [3.05, 3.63) is 65.2 Å². The molecule has 0 unspecified atom stereocenters. The quantitative estimate of drug-likeness (QED) is 0.434. The number of aliphatic hydroxyl groups is 1. The molecule has 3 aromatic rings. The lowest BCUT2D eigenvalue weighted by Crippen LogP contribution is -2.37. The second-order valence-electron chi connectivity index (χ2n) is 8.76. The molecular formula is C26H26N6O4. The van der Waals surface area contributed by atoms with Crippen molar-refractivity contribution >= 4 is 17.8 Å². The zero-order chi connectivity index (χ0) is 25.3. The Labute approximate surface area is 208 Å². The van der Waals surface area contributed by atoms with E-state index in [1.807, 2.05) is 23.1 Å². The Morgan fingerprint density at radius 3 is 2.75 bits per heavy atom. The summed E-state index contributed by atoms with van der Waals surface area (Å²) in [5.41, 5.74) is 1.62. The van der Waals surface area contributed by atoms with Crippen LogP contribution in [0.15, 0.2) is 42.7 Å². The summed E-state index contributed by atoms with van der Waals surface area (Å²) < 4.78 is 7.03. The molecule has 2 aliphatic rings. The van der Waals surface area contributed by atoms with Crippen molar-refractivity contribution in [2.24, 2.45) is 0 Å². The zero-order valence-electron chi connectivity index (χ0n) is 20.1. The number of carbonyl (C=O) groups excluding carboxylic acids is 2. The molecule has 10 heteroatoms. The first-order chi connectivity index (χ1) is 17.4. The summed E-state index contributed by atoms with van der Waals surface area (Å²) in [7, 11) is 1.65. The molecule has 1 fully saturated rings. The fourth-order valence-corrected chi connectivity index (χ4v) is 4.48. The van der Waals surface area contributed by atoms with Gasteiger partial charge in [0, 0.05) is 56.5 Å². The van der Waals surface area contributed by atoms with E-state index < -0.39 is 17.5 Å². The number of benzene rings is 1. The van der Waals surface area contributed by atoms with Crippen molar-refractivity contribution in [3.8, 4) is 17.5 Å². The summed E-state index contributed by atoms with van der Waals surface area (Å²) in [6.07, 6.45) is 4.27. The molecule has 0 spiro atoms. The number of likely N-dealkylation sites (tertiary alicyclic amines) is 1. The van der Waals surface area contributed by atoms with Gasteiger partial charge in [-0.05, 0) is 31.2 Å². The second kappa shape index (κ2) is 9.43. The molecule has 1 saturated heterocycles. The maximum atomic E-state index is 12.8. The van der Waals surface area contributed by atoms with Gasteiger partial charge in [-0.2, -0.15) is 5.10 Å². The van der Waals surface area contributed by atoms with Crippen molar-refractivity contribution in [2.75, 3.05) is 31.6 Å². The Hall–Kier alpha value is -4.23. The molecular weight excluding hydrogens is 460 g/mol. The van der Waals surface area contributed by atoms with Gasteiger partial charge < -0.3 is 19.6 Å².